The summed E-state index contributed by atoms with van der Waals surface area (Å²) in [5.41, 5.74) is 0. The maximum atomic E-state index is 10.3. The summed E-state index contributed by atoms with van der Waals surface area (Å²) in [6.07, 6.45) is 0. The van der Waals surface area contributed by atoms with Gasteiger partial charge in [0.05, 0.1) is 13.1 Å². The zero-order valence-corrected chi connectivity index (χ0v) is 6.23. The molecule has 4 nitrogen and oxygen atoms in total. The minimum atomic E-state index is -0.121. The van der Waals surface area contributed by atoms with E-state index in [1.165, 1.54) is 0 Å². The van der Waals surface area contributed by atoms with E-state index in [1.807, 2.05) is 13.8 Å². The lowest BCUT2D eigenvalue weighted by Gasteiger charge is -2.10. The molecule has 0 bridgehead atoms. The van der Waals surface area contributed by atoms with Crippen molar-refractivity contribution in [1.29, 1.82) is 0 Å². The van der Waals surface area contributed by atoms with Crippen LogP contribution in [-0.4, -0.2) is 24.9 Å². The van der Waals surface area contributed by atoms with E-state index in [0.29, 0.717) is 0 Å². The summed E-state index contributed by atoms with van der Waals surface area (Å²) in [4.78, 5) is 20.6. The Balaban J connectivity index is 0.000000371. The Morgan fingerprint density at radius 1 is 1.00 bits per heavy atom. The predicted octanol–water partition coefficient (Wildman–Crippen LogP) is -0.741. The smallest absolute Gasteiger partial charge is 0.239 e. The molecule has 0 unspecified atom stereocenters. The van der Waals surface area contributed by atoms with E-state index in [1.54, 1.807) is 0 Å². The van der Waals surface area contributed by atoms with Crippen molar-refractivity contribution in [3.8, 4) is 0 Å². The number of hydrogen-bond donors (Lipinski definition) is 2. The Labute approximate surface area is 60.0 Å². The van der Waals surface area contributed by atoms with Crippen LogP contribution < -0.4 is 10.6 Å². The first kappa shape index (κ1) is 8.94. The molecule has 2 N–H and O–H groups in total. The van der Waals surface area contributed by atoms with Crippen LogP contribution in [0, 0.1) is 0 Å². The lowest BCUT2D eigenvalue weighted by molar-refractivity contribution is -0.130. The molecule has 0 aliphatic carbocycles. The highest BCUT2D eigenvalue weighted by Gasteiger charge is 2.11. The van der Waals surface area contributed by atoms with Gasteiger partial charge in [-0.25, -0.2) is 0 Å². The highest BCUT2D eigenvalue weighted by atomic mass is 16.2. The quantitative estimate of drug-likeness (QED) is 0.470. The predicted molar refractivity (Wildman–Crippen MR) is 37.4 cm³/mol. The molecule has 1 fully saturated rings. The summed E-state index contributed by atoms with van der Waals surface area (Å²) in [5.74, 6) is -0.241. The van der Waals surface area contributed by atoms with Gasteiger partial charge in [0.2, 0.25) is 11.8 Å². The van der Waals surface area contributed by atoms with Gasteiger partial charge in [-0.1, -0.05) is 13.8 Å². The van der Waals surface area contributed by atoms with Gasteiger partial charge in [-0.2, -0.15) is 0 Å². The molecule has 1 aliphatic rings. The van der Waals surface area contributed by atoms with Crippen LogP contribution in [0.3, 0.4) is 0 Å². The van der Waals surface area contributed by atoms with Crippen LogP contribution in [-0.2, 0) is 9.59 Å². The molecule has 1 aliphatic heterocycles. The largest absolute Gasteiger partial charge is 0.346 e. The van der Waals surface area contributed by atoms with E-state index in [2.05, 4.69) is 10.6 Å². The van der Waals surface area contributed by atoms with Gasteiger partial charge in [0, 0.05) is 0 Å². The molecule has 4 heteroatoms. The number of rotatable bonds is 0. The van der Waals surface area contributed by atoms with Crippen LogP contribution >= 0.6 is 0 Å². The number of hydrogen-bond acceptors (Lipinski definition) is 2. The Morgan fingerprint density at radius 3 is 1.50 bits per heavy atom. The van der Waals surface area contributed by atoms with Gasteiger partial charge in [-0.05, 0) is 0 Å². The lowest BCUT2D eigenvalue weighted by Crippen LogP contribution is -2.48. The minimum absolute atomic E-state index is 0.121. The average molecular weight is 144 g/mol. The molecule has 0 radical (unpaired) electrons. The number of carbonyl (C=O) groups excluding carboxylic acids is 2. The summed E-state index contributed by atoms with van der Waals surface area (Å²) in [7, 11) is 0. The van der Waals surface area contributed by atoms with Crippen LogP contribution in [0.25, 0.3) is 0 Å². The molecule has 1 heterocycles. The van der Waals surface area contributed by atoms with Gasteiger partial charge < -0.3 is 10.6 Å². The second-order valence-electron chi connectivity index (χ2n) is 1.55. The van der Waals surface area contributed by atoms with Gasteiger partial charge in [0.25, 0.3) is 0 Å². The molecule has 0 spiro atoms. The molecule has 0 aromatic rings. The Morgan fingerprint density at radius 2 is 1.30 bits per heavy atom. The van der Waals surface area contributed by atoms with E-state index in [-0.39, 0.29) is 24.9 Å². The molecular formula is C6H12N2O2. The molecule has 0 atom stereocenters. The van der Waals surface area contributed by atoms with E-state index in [4.69, 9.17) is 0 Å². The van der Waals surface area contributed by atoms with Gasteiger partial charge in [0.1, 0.15) is 0 Å². The first-order valence-electron chi connectivity index (χ1n) is 3.32. The Kier molecular flexibility index (Phi) is 4.28. The standard InChI is InChI=1S/C4H6N2O2.C2H6/c7-3-1-5-4(8)2-6-3;1-2/h1-2H2,(H,5,8)(H,6,7);1-2H3. The van der Waals surface area contributed by atoms with Crippen molar-refractivity contribution in [2.24, 2.45) is 0 Å². The molecule has 0 aromatic carbocycles. The van der Waals surface area contributed by atoms with Crippen LogP contribution in [0.2, 0.25) is 0 Å². The molecule has 2 amide bonds. The van der Waals surface area contributed by atoms with Gasteiger partial charge in [0.15, 0.2) is 0 Å². The summed E-state index contributed by atoms with van der Waals surface area (Å²) in [6.45, 7) is 4.25. The van der Waals surface area contributed by atoms with Crippen molar-refractivity contribution >= 4 is 11.8 Å². The molecule has 1 rings (SSSR count). The third-order valence-corrected chi connectivity index (χ3v) is 0.892. The van der Waals surface area contributed by atoms with E-state index in [0.717, 1.165) is 0 Å². The first-order chi connectivity index (χ1) is 4.79. The fourth-order valence-electron chi connectivity index (χ4n) is 0.483. The first-order valence-corrected chi connectivity index (χ1v) is 3.32. The molecular weight excluding hydrogens is 132 g/mol. The molecule has 0 aromatic heterocycles. The third kappa shape index (κ3) is 3.06. The minimum Gasteiger partial charge on any atom is -0.346 e. The van der Waals surface area contributed by atoms with E-state index < -0.39 is 0 Å². The normalized spacial score (nSPS) is 16.2. The SMILES string of the molecule is CC.O=C1CNC(=O)CN1. The second-order valence-corrected chi connectivity index (χ2v) is 1.55. The maximum Gasteiger partial charge on any atom is 0.239 e. The highest BCUT2D eigenvalue weighted by Crippen LogP contribution is 1.72. The summed E-state index contributed by atoms with van der Waals surface area (Å²) < 4.78 is 0. The van der Waals surface area contributed by atoms with Crippen molar-refractivity contribution in [2.45, 2.75) is 13.8 Å². The number of piperazine rings is 1. The van der Waals surface area contributed by atoms with Crippen LogP contribution in [0.15, 0.2) is 0 Å². The average Bonchev–Trinajstić information content (AvgIpc) is 2.00. The van der Waals surface area contributed by atoms with Crippen molar-refractivity contribution in [3.63, 3.8) is 0 Å². The number of nitrogens with one attached hydrogen (secondary N) is 2. The zero-order chi connectivity index (χ0) is 7.98. The van der Waals surface area contributed by atoms with Gasteiger partial charge in [-0.3, -0.25) is 9.59 Å². The Bertz CT molecular complexity index is 106. The van der Waals surface area contributed by atoms with Crippen LogP contribution in [0.4, 0.5) is 0 Å². The summed E-state index contributed by atoms with van der Waals surface area (Å²) >= 11 is 0. The number of carbonyl (C=O) groups is 2. The van der Waals surface area contributed by atoms with Crippen LogP contribution in [0.1, 0.15) is 13.8 Å². The van der Waals surface area contributed by atoms with Gasteiger partial charge >= 0.3 is 0 Å². The van der Waals surface area contributed by atoms with Crippen LogP contribution in [0.5, 0.6) is 0 Å². The maximum absolute atomic E-state index is 10.3. The Hall–Kier alpha value is -1.06. The van der Waals surface area contributed by atoms with Crippen molar-refractivity contribution in [2.75, 3.05) is 13.1 Å². The molecule has 10 heavy (non-hydrogen) atoms. The van der Waals surface area contributed by atoms with E-state index in [9.17, 15) is 9.59 Å². The fourth-order valence-corrected chi connectivity index (χ4v) is 0.483. The van der Waals surface area contributed by atoms with Gasteiger partial charge in [-0.15, -0.1) is 0 Å². The molecule has 0 saturated carbocycles. The summed E-state index contributed by atoms with van der Waals surface area (Å²) in [5, 5.41) is 4.76. The monoisotopic (exact) mass is 144 g/mol. The molecule has 58 valence electrons. The zero-order valence-electron chi connectivity index (χ0n) is 6.23. The summed E-state index contributed by atoms with van der Waals surface area (Å²) in [6, 6.07) is 0. The lowest BCUT2D eigenvalue weighted by atomic mass is 10.4. The molecule has 1 saturated heterocycles. The van der Waals surface area contributed by atoms with Crippen molar-refractivity contribution in [1.82, 2.24) is 10.6 Å². The third-order valence-electron chi connectivity index (χ3n) is 0.892. The van der Waals surface area contributed by atoms with E-state index >= 15 is 0 Å². The number of amides is 2. The fraction of sp³-hybridized carbons (Fsp3) is 0.667. The topological polar surface area (TPSA) is 58.2 Å². The van der Waals surface area contributed by atoms with Crippen molar-refractivity contribution < 1.29 is 9.59 Å². The van der Waals surface area contributed by atoms with Crippen molar-refractivity contribution in [3.05, 3.63) is 0 Å². The second kappa shape index (κ2) is 4.78. The highest BCUT2D eigenvalue weighted by molar-refractivity contribution is 5.92.